The zero-order valence-corrected chi connectivity index (χ0v) is 15.6. The maximum atomic E-state index is 13.0. The molecule has 28 heavy (non-hydrogen) atoms. The van der Waals surface area contributed by atoms with Crippen LogP contribution in [0.1, 0.15) is 35.7 Å². The predicted molar refractivity (Wildman–Crippen MR) is 97.2 cm³/mol. The number of aryl methyl sites for hydroxylation is 1. The quantitative estimate of drug-likeness (QED) is 0.797. The van der Waals surface area contributed by atoms with Gasteiger partial charge in [-0.1, -0.05) is 12.1 Å². The predicted octanol–water partition coefficient (Wildman–Crippen LogP) is 3.52. The average Bonchev–Trinajstić information content (AvgIpc) is 2.98. The summed E-state index contributed by atoms with van der Waals surface area (Å²) < 4.78 is 42.2. The molecule has 1 unspecified atom stereocenters. The van der Waals surface area contributed by atoms with Gasteiger partial charge in [0.05, 0.1) is 0 Å². The lowest BCUT2D eigenvalue weighted by atomic mass is 9.89. The van der Waals surface area contributed by atoms with Gasteiger partial charge in [0.1, 0.15) is 11.3 Å². The minimum atomic E-state index is -4.73. The van der Waals surface area contributed by atoms with Gasteiger partial charge in [-0.2, -0.15) is 0 Å². The van der Waals surface area contributed by atoms with E-state index in [-0.39, 0.29) is 22.8 Å². The van der Waals surface area contributed by atoms with E-state index in [1.165, 1.54) is 22.8 Å². The van der Waals surface area contributed by atoms with Crippen molar-refractivity contribution < 1.29 is 22.7 Å². The molecule has 150 valence electrons. The lowest BCUT2D eigenvalue weighted by Gasteiger charge is -2.35. The summed E-state index contributed by atoms with van der Waals surface area (Å²) >= 11 is 0. The van der Waals surface area contributed by atoms with Crippen LogP contribution in [0.2, 0.25) is 0 Å². The Morgan fingerprint density at radius 1 is 1.21 bits per heavy atom. The molecule has 3 rings (SSSR count). The van der Waals surface area contributed by atoms with E-state index in [4.69, 9.17) is 0 Å². The van der Waals surface area contributed by atoms with E-state index in [0.29, 0.717) is 13.0 Å². The Hall–Kier alpha value is -2.77. The fraction of sp³-hybridized carbons (Fsp3) is 0.400. The highest BCUT2D eigenvalue weighted by atomic mass is 19.4. The maximum Gasteiger partial charge on any atom is 0.573 e. The van der Waals surface area contributed by atoms with E-state index in [9.17, 15) is 22.8 Å². The highest BCUT2D eigenvalue weighted by molar-refractivity contribution is 5.94. The van der Waals surface area contributed by atoms with Crippen LogP contribution in [0.4, 0.5) is 13.2 Å². The fourth-order valence-corrected chi connectivity index (χ4v) is 3.71. The number of rotatable bonds is 4. The second kappa shape index (κ2) is 7.33. The Kier molecular flexibility index (Phi) is 5.23. The van der Waals surface area contributed by atoms with E-state index < -0.39 is 11.9 Å². The third-order valence-corrected chi connectivity index (χ3v) is 5.09. The van der Waals surface area contributed by atoms with Crippen LogP contribution in [-0.2, 0) is 13.5 Å². The van der Waals surface area contributed by atoms with Gasteiger partial charge in [-0.15, -0.1) is 13.2 Å². The van der Waals surface area contributed by atoms with Crippen molar-refractivity contribution in [3.05, 3.63) is 64.1 Å². The minimum absolute atomic E-state index is 0.118. The highest BCUT2D eigenvalue weighted by Crippen LogP contribution is 2.34. The van der Waals surface area contributed by atoms with Crippen LogP contribution in [0.5, 0.6) is 5.75 Å². The molecule has 1 amide bonds. The number of benzene rings is 1. The summed E-state index contributed by atoms with van der Waals surface area (Å²) in [6, 6.07) is 8.83. The topological polar surface area (TPSA) is 51.5 Å². The van der Waals surface area contributed by atoms with Crippen LogP contribution in [0, 0.1) is 0 Å². The molecule has 0 saturated carbocycles. The number of likely N-dealkylation sites (tertiary alicyclic amines) is 1. The monoisotopic (exact) mass is 394 g/mol. The van der Waals surface area contributed by atoms with Crippen molar-refractivity contribution in [1.29, 1.82) is 0 Å². The Labute approximate surface area is 160 Å². The number of amides is 1. The number of ether oxygens (including phenoxy) is 1. The van der Waals surface area contributed by atoms with Crippen LogP contribution in [-0.4, -0.2) is 33.8 Å². The van der Waals surface area contributed by atoms with E-state index in [1.54, 1.807) is 36.3 Å². The molecule has 0 radical (unpaired) electrons. The SMILES string of the molecule is Cn1cccc(C(=O)N2CCCC2(C)Cc2ccc(OC(F)(F)F)cc2)c1=O. The van der Waals surface area contributed by atoms with Gasteiger partial charge in [0.2, 0.25) is 0 Å². The number of pyridine rings is 1. The summed E-state index contributed by atoms with van der Waals surface area (Å²) in [6.45, 7) is 2.47. The number of carbonyl (C=O) groups is 1. The molecule has 1 saturated heterocycles. The van der Waals surface area contributed by atoms with Gasteiger partial charge < -0.3 is 14.2 Å². The second-order valence-electron chi connectivity index (χ2n) is 7.26. The molecule has 1 aromatic heterocycles. The number of carbonyl (C=O) groups excluding carboxylic acids is 1. The van der Waals surface area contributed by atoms with Crippen molar-refractivity contribution in [2.24, 2.45) is 7.05 Å². The standard InChI is InChI=1S/C20H21F3N2O3/c1-19(13-14-6-8-15(9-7-14)28-20(21,22)23)10-4-12-25(19)18(27)16-5-3-11-24(2)17(16)26/h3,5-9,11H,4,10,12-13H2,1-2H3. The van der Waals surface area contributed by atoms with E-state index in [0.717, 1.165) is 18.4 Å². The zero-order chi connectivity index (χ0) is 20.5. The third-order valence-electron chi connectivity index (χ3n) is 5.09. The molecule has 1 atom stereocenters. The molecule has 5 nitrogen and oxygen atoms in total. The molecule has 0 aliphatic carbocycles. The molecule has 1 fully saturated rings. The zero-order valence-electron chi connectivity index (χ0n) is 15.6. The molecule has 2 aromatic rings. The molecule has 1 aliphatic heterocycles. The number of halogens is 3. The lowest BCUT2D eigenvalue weighted by molar-refractivity contribution is -0.274. The van der Waals surface area contributed by atoms with Gasteiger partial charge in [0.25, 0.3) is 11.5 Å². The summed E-state index contributed by atoms with van der Waals surface area (Å²) in [5.74, 6) is -0.605. The van der Waals surface area contributed by atoms with Crippen molar-refractivity contribution in [1.82, 2.24) is 9.47 Å². The van der Waals surface area contributed by atoms with Crippen molar-refractivity contribution >= 4 is 5.91 Å². The van der Waals surface area contributed by atoms with Gasteiger partial charge in [0.15, 0.2) is 0 Å². The minimum Gasteiger partial charge on any atom is -0.406 e. The first kappa shape index (κ1) is 20.0. The molecule has 2 heterocycles. The molecule has 8 heteroatoms. The van der Waals surface area contributed by atoms with Crippen LogP contribution < -0.4 is 10.3 Å². The van der Waals surface area contributed by atoms with E-state index in [2.05, 4.69) is 4.74 Å². The molecule has 0 spiro atoms. The Morgan fingerprint density at radius 2 is 1.89 bits per heavy atom. The van der Waals surface area contributed by atoms with Crippen molar-refractivity contribution in [3.63, 3.8) is 0 Å². The van der Waals surface area contributed by atoms with E-state index >= 15 is 0 Å². The molecular weight excluding hydrogens is 373 g/mol. The Morgan fingerprint density at radius 3 is 2.54 bits per heavy atom. The number of hydrogen-bond acceptors (Lipinski definition) is 3. The normalized spacial score (nSPS) is 19.7. The van der Waals surface area contributed by atoms with Gasteiger partial charge in [-0.25, -0.2) is 0 Å². The molecule has 1 aliphatic rings. The van der Waals surface area contributed by atoms with Gasteiger partial charge in [0, 0.05) is 25.3 Å². The number of nitrogens with zero attached hydrogens (tertiary/aromatic N) is 2. The molecule has 1 aromatic carbocycles. The highest BCUT2D eigenvalue weighted by Gasteiger charge is 2.40. The summed E-state index contributed by atoms with van der Waals surface area (Å²) in [4.78, 5) is 27.0. The summed E-state index contributed by atoms with van der Waals surface area (Å²) in [5.41, 5.74) is 0.0322. The van der Waals surface area contributed by atoms with Crippen molar-refractivity contribution in [2.45, 2.75) is 38.1 Å². The number of hydrogen-bond donors (Lipinski definition) is 0. The van der Waals surface area contributed by atoms with Crippen LogP contribution in [0.3, 0.4) is 0 Å². The first-order valence-corrected chi connectivity index (χ1v) is 8.91. The van der Waals surface area contributed by atoms with Gasteiger partial charge in [-0.05, 0) is 56.0 Å². The Balaban J connectivity index is 1.80. The number of alkyl halides is 3. The van der Waals surface area contributed by atoms with Gasteiger partial charge >= 0.3 is 6.36 Å². The average molecular weight is 394 g/mol. The van der Waals surface area contributed by atoms with Crippen LogP contribution >= 0.6 is 0 Å². The summed E-state index contributed by atoms with van der Waals surface area (Å²) in [5, 5.41) is 0. The first-order valence-electron chi connectivity index (χ1n) is 8.91. The summed E-state index contributed by atoms with van der Waals surface area (Å²) in [7, 11) is 1.59. The molecule has 0 N–H and O–H groups in total. The van der Waals surface area contributed by atoms with Crippen molar-refractivity contribution in [2.75, 3.05) is 6.54 Å². The van der Waals surface area contributed by atoms with Gasteiger partial charge in [-0.3, -0.25) is 9.59 Å². The largest absolute Gasteiger partial charge is 0.573 e. The Bertz CT molecular complexity index is 922. The summed E-state index contributed by atoms with van der Waals surface area (Å²) in [6.07, 6.45) is -1.13. The van der Waals surface area contributed by atoms with E-state index in [1.807, 2.05) is 6.92 Å². The lowest BCUT2D eigenvalue weighted by Crippen LogP contribution is -2.48. The molecule has 0 bridgehead atoms. The second-order valence-corrected chi connectivity index (χ2v) is 7.26. The smallest absolute Gasteiger partial charge is 0.406 e. The van der Waals surface area contributed by atoms with Crippen molar-refractivity contribution in [3.8, 4) is 5.75 Å². The number of aromatic nitrogens is 1. The fourth-order valence-electron chi connectivity index (χ4n) is 3.71. The van der Waals surface area contributed by atoms with Crippen LogP contribution in [0.25, 0.3) is 0 Å². The molecular formula is C20H21F3N2O3. The maximum absolute atomic E-state index is 13.0. The van der Waals surface area contributed by atoms with Crippen LogP contribution in [0.15, 0.2) is 47.4 Å². The first-order chi connectivity index (χ1) is 13.1. The third kappa shape index (κ3) is 4.21.